The highest BCUT2D eigenvalue weighted by Gasteiger charge is 2.19. The molecule has 1 rings (SSSR count). The van der Waals surface area contributed by atoms with Crippen molar-refractivity contribution in [3.63, 3.8) is 0 Å². The Labute approximate surface area is 105 Å². The van der Waals surface area contributed by atoms with Crippen LogP contribution in [0.25, 0.3) is 0 Å². The number of hydrogen-bond donors (Lipinski definition) is 0. The minimum Gasteiger partial charge on any atom is -0.366 e. The predicted octanol–water partition coefficient (Wildman–Crippen LogP) is 3.90. The second kappa shape index (κ2) is 6.81. The molecule has 0 aliphatic carbocycles. The molecule has 0 bridgehead atoms. The maximum Gasteiger partial charge on any atom is 0.166 e. The molecule has 1 atom stereocenters. The zero-order valence-corrected chi connectivity index (χ0v) is 11.3. The van der Waals surface area contributed by atoms with Gasteiger partial charge < -0.3 is 4.74 Å². The van der Waals surface area contributed by atoms with Gasteiger partial charge in [0, 0.05) is 17.5 Å². The number of ether oxygens (including phenoxy) is 1. The Bertz CT molecular complexity index is 332. The Morgan fingerprint density at radius 3 is 2.44 bits per heavy atom. The number of benzene rings is 1. The number of Topliss-reactive ketones (excluding diaryl/α,β-unsaturated/α-hetero) is 1. The van der Waals surface area contributed by atoms with Crippen molar-refractivity contribution in [1.29, 1.82) is 0 Å². The summed E-state index contributed by atoms with van der Waals surface area (Å²) >= 11 is 3.38. The van der Waals surface area contributed by atoms with E-state index < -0.39 is 6.10 Å². The van der Waals surface area contributed by atoms with E-state index in [4.69, 9.17) is 4.74 Å². The first-order valence-corrected chi connectivity index (χ1v) is 6.38. The number of carbonyl (C=O) groups excluding carboxylic acids is 1. The summed E-state index contributed by atoms with van der Waals surface area (Å²) in [7, 11) is 0. The zero-order chi connectivity index (χ0) is 12.0. The quantitative estimate of drug-likeness (QED) is 0.792. The predicted molar refractivity (Wildman–Crippen MR) is 68.4 cm³/mol. The zero-order valence-electron chi connectivity index (χ0n) is 9.70. The standard InChI is InChI=1S/C13H17BrO2/c1-3-5-12(15)13(16-4-2)10-6-8-11(14)9-7-10/h6-9,13H,3-5H2,1-2H3. The molecule has 2 nitrogen and oxygen atoms in total. The highest BCUT2D eigenvalue weighted by Crippen LogP contribution is 2.22. The van der Waals surface area contributed by atoms with E-state index >= 15 is 0 Å². The van der Waals surface area contributed by atoms with Crippen LogP contribution >= 0.6 is 15.9 Å². The lowest BCUT2D eigenvalue weighted by Gasteiger charge is -2.16. The van der Waals surface area contributed by atoms with Crippen molar-refractivity contribution < 1.29 is 9.53 Å². The van der Waals surface area contributed by atoms with Gasteiger partial charge in [0.15, 0.2) is 5.78 Å². The van der Waals surface area contributed by atoms with Crippen LogP contribution in [0.15, 0.2) is 28.7 Å². The van der Waals surface area contributed by atoms with E-state index in [1.54, 1.807) is 0 Å². The summed E-state index contributed by atoms with van der Waals surface area (Å²) in [6.07, 6.45) is 1.03. The molecule has 0 heterocycles. The van der Waals surface area contributed by atoms with Gasteiger partial charge in [0.25, 0.3) is 0 Å². The molecule has 1 aromatic carbocycles. The molecule has 0 saturated heterocycles. The lowest BCUT2D eigenvalue weighted by Crippen LogP contribution is -2.15. The fourth-order valence-electron chi connectivity index (χ4n) is 1.56. The van der Waals surface area contributed by atoms with Gasteiger partial charge in [-0.3, -0.25) is 4.79 Å². The SMILES string of the molecule is CCCC(=O)C(OCC)c1ccc(Br)cc1. The van der Waals surface area contributed by atoms with Gasteiger partial charge in [-0.2, -0.15) is 0 Å². The van der Waals surface area contributed by atoms with Gasteiger partial charge in [-0.15, -0.1) is 0 Å². The summed E-state index contributed by atoms with van der Waals surface area (Å²) in [5.41, 5.74) is 0.934. The van der Waals surface area contributed by atoms with Gasteiger partial charge in [0.1, 0.15) is 6.10 Å². The molecular formula is C13H17BrO2. The summed E-state index contributed by atoms with van der Waals surface area (Å²) in [5.74, 6) is 0.159. The third-order valence-corrected chi connectivity index (χ3v) is 2.82. The molecule has 3 heteroatoms. The summed E-state index contributed by atoms with van der Waals surface area (Å²) in [6, 6.07) is 7.72. The van der Waals surface area contributed by atoms with E-state index in [2.05, 4.69) is 15.9 Å². The van der Waals surface area contributed by atoms with Crippen LogP contribution in [0.4, 0.5) is 0 Å². The molecule has 1 unspecified atom stereocenters. The van der Waals surface area contributed by atoms with Gasteiger partial charge in [-0.25, -0.2) is 0 Å². The van der Waals surface area contributed by atoms with Gasteiger partial charge in [0.05, 0.1) is 0 Å². The molecule has 0 aromatic heterocycles. The van der Waals surface area contributed by atoms with E-state index in [0.29, 0.717) is 13.0 Å². The molecule has 0 saturated carbocycles. The van der Waals surface area contributed by atoms with E-state index in [-0.39, 0.29) is 5.78 Å². The summed E-state index contributed by atoms with van der Waals surface area (Å²) in [6.45, 7) is 4.46. The fourth-order valence-corrected chi connectivity index (χ4v) is 1.82. The Hall–Kier alpha value is -0.670. The summed E-state index contributed by atoms with van der Waals surface area (Å²) in [5, 5.41) is 0. The summed E-state index contributed by atoms with van der Waals surface area (Å²) < 4.78 is 6.53. The minimum atomic E-state index is -0.405. The first-order chi connectivity index (χ1) is 7.69. The van der Waals surface area contributed by atoms with Crippen LogP contribution < -0.4 is 0 Å². The first-order valence-electron chi connectivity index (χ1n) is 5.58. The van der Waals surface area contributed by atoms with Gasteiger partial charge in [-0.05, 0) is 31.0 Å². The van der Waals surface area contributed by atoms with Crippen molar-refractivity contribution in [2.45, 2.75) is 32.8 Å². The second-order valence-corrected chi connectivity index (χ2v) is 4.52. The van der Waals surface area contributed by atoms with Crippen molar-refractivity contribution in [3.8, 4) is 0 Å². The Morgan fingerprint density at radius 1 is 1.31 bits per heavy atom. The Balaban J connectivity index is 2.84. The van der Waals surface area contributed by atoms with Gasteiger partial charge in [0.2, 0.25) is 0 Å². The normalized spacial score (nSPS) is 12.4. The lowest BCUT2D eigenvalue weighted by molar-refractivity contribution is -0.130. The lowest BCUT2D eigenvalue weighted by atomic mass is 10.0. The minimum absolute atomic E-state index is 0.159. The average molecular weight is 285 g/mol. The molecule has 0 radical (unpaired) electrons. The highest BCUT2D eigenvalue weighted by atomic mass is 79.9. The van der Waals surface area contributed by atoms with Crippen LogP contribution in [-0.2, 0) is 9.53 Å². The number of ketones is 1. The average Bonchev–Trinajstić information content (AvgIpc) is 2.28. The van der Waals surface area contributed by atoms with Gasteiger partial charge in [-0.1, -0.05) is 35.0 Å². The van der Waals surface area contributed by atoms with Crippen molar-refractivity contribution in [1.82, 2.24) is 0 Å². The maximum absolute atomic E-state index is 11.9. The van der Waals surface area contributed by atoms with Crippen molar-refractivity contribution in [2.75, 3.05) is 6.61 Å². The Morgan fingerprint density at radius 2 is 1.94 bits per heavy atom. The molecule has 16 heavy (non-hydrogen) atoms. The number of rotatable bonds is 6. The molecule has 0 fully saturated rings. The molecule has 0 aliphatic heterocycles. The number of carbonyl (C=O) groups is 1. The highest BCUT2D eigenvalue weighted by molar-refractivity contribution is 9.10. The molecular weight excluding hydrogens is 268 g/mol. The van der Waals surface area contributed by atoms with Crippen LogP contribution in [0.1, 0.15) is 38.4 Å². The van der Waals surface area contributed by atoms with E-state index in [0.717, 1.165) is 16.5 Å². The third-order valence-electron chi connectivity index (χ3n) is 2.29. The first kappa shape index (κ1) is 13.4. The Kier molecular flexibility index (Phi) is 5.71. The van der Waals surface area contributed by atoms with Crippen LogP contribution in [-0.4, -0.2) is 12.4 Å². The molecule has 0 spiro atoms. The van der Waals surface area contributed by atoms with Crippen LogP contribution in [0.3, 0.4) is 0 Å². The molecule has 0 amide bonds. The number of halogens is 1. The van der Waals surface area contributed by atoms with E-state index in [9.17, 15) is 4.79 Å². The molecule has 0 aliphatic rings. The van der Waals surface area contributed by atoms with Crippen LogP contribution in [0, 0.1) is 0 Å². The largest absolute Gasteiger partial charge is 0.366 e. The molecule has 0 N–H and O–H groups in total. The van der Waals surface area contributed by atoms with Gasteiger partial charge >= 0.3 is 0 Å². The van der Waals surface area contributed by atoms with Crippen molar-refractivity contribution >= 4 is 21.7 Å². The third kappa shape index (κ3) is 3.72. The van der Waals surface area contributed by atoms with Crippen LogP contribution in [0.2, 0.25) is 0 Å². The fraction of sp³-hybridized carbons (Fsp3) is 0.462. The van der Waals surface area contributed by atoms with Crippen LogP contribution in [0.5, 0.6) is 0 Å². The molecule has 1 aromatic rings. The van der Waals surface area contributed by atoms with E-state index in [1.165, 1.54) is 0 Å². The summed E-state index contributed by atoms with van der Waals surface area (Å²) in [4.78, 5) is 11.9. The van der Waals surface area contributed by atoms with Crippen molar-refractivity contribution in [3.05, 3.63) is 34.3 Å². The maximum atomic E-state index is 11.9. The smallest absolute Gasteiger partial charge is 0.166 e. The van der Waals surface area contributed by atoms with Crippen molar-refractivity contribution in [2.24, 2.45) is 0 Å². The molecule has 88 valence electrons. The van der Waals surface area contributed by atoms with E-state index in [1.807, 2.05) is 38.1 Å². The monoisotopic (exact) mass is 284 g/mol. The topological polar surface area (TPSA) is 26.3 Å². The number of hydrogen-bond acceptors (Lipinski definition) is 2. The second-order valence-electron chi connectivity index (χ2n) is 3.60.